The Balaban J connectivity index is 2.16. The smallest absolute Gasteiger partial charge is 0.109 e. The van der Waals surface area contributed by atoms with E-state index in [-0.39, 0.29) is 11.6 Å². The summed E-state index contributed by atoms with van der Waals surface area (Å²) in [6, 6.07) is 2.44. The van der Waals surface area contributed by atoms with Crippen LogP contribution in [0.15, 0.2) is 0 Å². The monoisotopic (exact) mass is 284 g/mol. The van der Waals surface area contributed by atoms with E-state index in [4.69, 9.17) is 14.2 Å². The van der Waals surface area contributed by atoms with E-state index >= 15 is 0 Å². The quantitative estimate of drug-likeness (QED) is 0.620. The van der Waals surface area contributed by atoms with Crippen LogP contribution < -0.4 is 5.32 Å². The molecule has 5 heteroatoms. The third-order valence-corrected chi connectivity index (χ3v) is 3.65. The summed E-state index contributed by atoms with van der Waals surface area (Å²) < 4.78 is 16.2. The maximum Gasteiger partial charge on any atom is 0.109 e. The summed E-state index contributed by atoms with van der Waals surface area (Å²) in [6.07, 6.45) is 4.91. The summed E-state index contributed by atoms with van der Waals surface area (Å²) in [7, 11) is 1.67. The maximum absolute atomic E-state index is 9.38. The van der Waals surface area contributed by atoms with Crippen LogP contribution in [0.25, 0.3) is 0 Å². The summed E-state index contributed by atoms with van der Waals surface area (Å²) in [4.78, 5) is 0. The number of methoxy groups -OCH3 is 1. The van der Waals surface area contributed by atoms with Crippen LogP contribution in [0.2, 0.25) is 0 Å². The molecule has 0 heterocycles. The summed E-state index contributed by atoms with van der Waals surface area (Å²) in [6.45, 7) is 5.54. The maximum atomic E-state index is 9.38. The van der Waals surface area contributed by atoms with E-state index in [1.807, 2.05) is 6.92 Å². The molecule has 1 saturated carbocycles. The zero-order valence-corrected chi connectivity index (χ0v) is 12.8. The van der Waals surface area contributed by atoms with Crippen molar-refractivity contribution in [2.24, 2.45) is 0 Å². The molecule has 0 radical (unpaired) electrons. The fourth-order valence-electron chi connectivity index (χ4n) is 2.66. The minimum atomic E-state index is -0.382. The van der Waals surface area contributed by atoms with Gasteiger partial charge in [0.1, 0.15) is 5.54 Å². The van der Waals surface area contributed by atoms with Gasteiger partial charge in [-0.15, -0.1) is 0 Å². The van der Waals surface area contributed by atoms with Crippen LogP contribution in [-0.2, 0) is 14.2 Å². The van der Waals surface area contributed by atoms with E-state index in [9.17, 15) is 5.26 Å². The van der Waals surface area contributed by atoms with Gasteiger partial charge in [0, 0.05) is 26.7 Å². The molecule has 1 rings (SSSR count). The van der Waals surface area contributed by atoms with Crippen LogP contribution in [0, 0.1) is 11.3 Å². The van der Waals surface area contributed by atoms with Crippen molar-refractivity contribution in [1.29, 1.82) is 5.26 Å². The molecule has 0 amide bonds. The van der Waals surface area contributed by atoms with Gasteiger partial charge in [0.05, 0.1) is 25.4 Å². The van der Waals surface area contributed by atoms with Crippen molar-refractivity contribution in [3.05, 3.63) is 0 Å². The number of hydrogen-bond acceptors (Lipinski definition) is 5. The van der Waals surface area contributed by atoms with Crippen molar-refractivity contribution < 1.29 is 14.2 Å². The molecule has 0 aromatic heterocycles. The number of nitrogens with one attached hydrogen (secondary N) is 1. The molecule has 5 nitrogen and oxygen atoms in total. The van der Waals surface area contributed by atoms with Gasteiger partial charge in [0.2, 0.25) is 0 Å². The zero-order valence-electron chi connectivity index (χ0n) is 12.8. The van der Waals surface area contributed by atoms with Gasteiger partial charge in [-0.05, 0) is 32.2 Å². The molecule has 0 aromatic carbocycles. The normalized spacial score (nSPS) is 26.4. The summed E-state index contributed by atoms with van der Waals surface area (Å²) in [5.74, 6) is 0. The van der Waals surface area contributed by atoms with Crippen LogP contribution in [0.5, 0.6) is 0 Å². The predicted octanol–water partition coefficient (Wildman–Crippen LogP) is 1.87. The molecule has 1 fully saturated rings. The Labute approximate surface area is 122 Å². The third-order valence-electron chi connectivity index (χ3n) is 3.65. The molecule has 0 saturated heterocycles. The van der Waals surface area contributed by atoms with Gasteiger partial charge in [-0.3, -0.25) is 5.32 Å². The topological polar surface area (TPSA) is 63.5 Å². The first kappa shape index (κ1) is 17.4. The zero-order chi connectivity index (χ0) is 14.7. The van der Waals surface area contributed by atoms with Crippen LogP contribution in [0.4, 0.5) is 0 Å². The number of nitriles is 1. The number of rotatable bonds is 10. The van der Waals surface area contributed by atoms with Crippen LogP contribution >= 0.6 is 0 Å². The molecule has 116 valence electrons. The average molecular weight is 284 g/mol. The van der Waals surface area contributed by atoms with Crippen molar-refractivity contribution in [1.82, 2.24) is 5.32 Å². The Morgan fingerprint density at radius 3 is 2.85 bits per heavy atom. The first-order valence-corrected chi connectivity index (χ1v) is 7.61. The van der Waals surface area contributed by atoms with Crippen molar-refractivity contribution in [3.8, 4) is 6.07 Å². The first-order chi connectivity index (χ1) is 9.76. The van der Waals surface area contributed by atoms with Crippen LogP contribution in [0.1, 0.15) is 39.0 Å². The molecular weight excluding hydrogens is 256 g/mol. The van der Waals surface area contributed by atoms with Crippen LogP contribution in [-0.4, -0.2) is 51.7 Å². The minimum Gasteiger partial charge on any atom is -0.382 e. The Hall–Kier alpha value is -0.670. The second-order valence-electron chi connectivity index (χ2n) is 5.27. The Kier molecular flexibility index (Phi) is 8.79. The van der Waals surface area contributed by atoms with E-state index in [1.165, 1.54) is 0 Å². The van der Waals surface area contributed by atoms with Crippen molar-refractivity contribution in [3.63, 3.8) is 0 Å². The molecule has 1 aliphatic rings. The van der Waals surface area contributed by atoms with Gasteiger partial charge >= 0.3 is 0 Å². The first-order valence-electron chi connectivity index (χ1n) is 7.61. The molecule has 0 aliphatic heterocycles. The molecule has 0 spiro atoms. The predicted molar refractivity (Wildman–Crippen MR) is 77.5 cm³/mol. The van der Waals surface area contributed by atoms with Gasteiger partial charge in [0.25, 0.3) is 0 Å². The fourth-order valence-corrected chi connectivity index (χ4v) is 2.66. The number of nitrogens with zero attached hydrogens (tertiary/aromatic N) is 1. The molecule has 0 bridgehead atoms. The highest BCUT2D eigenvalue weighted by atomic mass is 16.5. The summed E-state index contributed by atoms with van der Waals surface area (Å²) in [5, 5.41) is 12.7. The van der Waals surface area contributed by atoms with E-state index in [1.54, 1.807) is 7.11 Å². The Bertz CT molecular complexity index is 289. The third kappa shape index (κ3) is 6.19. The van der Waals surface area contributed by atoms with Crippen LogP contribution in [0.3, 0.4) is 0 Å². The molecule has 2 atom stereocenters. The Morgan fingerprint density at radius 1 is 1.30 bits per heavy atom. The molecule has 1 aliphatic carbocycles. The molecule has 1 N–H and O–H groups in total. The lowest BCUT2D eigenvalue weighted by Crippen LogP contribution is -2.49. The van der Waals surface area contributed by atoms with Crippen molar-refractivity contribution in [2.45, 2.75) is 50.7 Å². The fraction of sp³-hybridized carbons (Fsp3) is 0.933. The number of ether oxygens (including phenoxy) is 3. The lowest BCUT2D eigenvalue weighted by atomic mass is 9.81. The van der Waals surface area contributed by atoms with E-state index in [0.29, 0.717) is 26.4 Å². The minimum absolute atomic E-state index is 0.196. The van der Waals surface area contributed by atoms with Crippen molar-refractivity contribution in [2.75, 3.05) is 40.1 Å². The van der Waals surface area contributed by atoms with E-state index in [2.05, 4.69) is 11.4 Å². The van der Waals surface area contributed by atoms with Gasteiger partial charge in [-0.25, -0.2) is 0 Å². The van der Waals surface area contributed by atoms with Gasteiger partial charge in [-0.2, -0.15) is 5.26 Å². The highest BCUT2D eigenvalue weighted by molar-refractivity contribution is 5.10. The lowest BCUT2D eigenvalue weighted by Gasteiger charge is -2.36. The highest BCUT2D eigenvalue weighted by Crippen LogP contribution is 2.29. The largest absolute Gasteiger partial charge is 0.382 e. The number of hydrogen-bond donors (Lipinski definition) is 1. The van der Waals surface area contributed by atoms with E-state index < -0.39 is 0 Å². The lowest BCUT2D eigenvalue weighted by molar-refractivity contribution is -0.00498. The molecular formula is C15H28N2O3. The molecule has 0 aromatic rings. The summed E-state index contributed by atoms with van der Waals surface area (Å²) in [5.41, 5.74) is -0.382. The van der Waals surface area contributed by atoms with Crippen molar-refractivity contribution >= 4 is 0 Å². The average Bonchev–Trinajstić information content (AvgIpc) is 2.47. The molecule has 2 unspecified atom stereocenters. The second-order valence-corrected chi connectivity index (χ2v) is 5.27. The van der Waals surface area contributed by atoms with E-state index in [0.717, 1.165) is 38.6 Å². The Morgan fingerprint density at radius 2 is 2.15 bits per heavy atom. The standard InChI is InChI=1S/C15H28N2O3/c1-3-17-15(13-16)7-4-6-14(12-15)20-9-5-8-19-11-10-18-2/h14,17H,3-12H2,1-2H3. The SMILES string of the molecule is CCNC1(C#N)CCCC(OCCCOCCOC)C1. The van der Waals surface area contributed by atoms with Gasteiger partial charge in [0.15, 0.2) is 0 Å². The molecule has 20 heavy (non-hydrogen) atoms. The summed E-state index contributed by atoms with van der Waals surface area (Å²) >= 11 is 0. The second kappa shape index (κ2) is 10.1. The van der Waals surface area contributed by atoms with Gasteiger partial charge < -0.3 is 14.2 Å². The highest BCUT2D eigenvalue weighted by Gasteiger charge is 2.36. The van der Waals surface area contributed by atoms with Gasteiger partial charge in [-0.1, -0.05) is 6.92 Å².